The van der Waals surface area contributed by atoms with Crippen molar-refractivity contribution in [1.82, 2.24) is 14.8 Å². The van der Waals surface area contributed by atoms with E-state index in [1.165, 1.54) is 6.42 Å². The van der Waals surface area contributed by atoms with Crippen molar-refractivity contribution in [3.8, 4) is 6.07 Å². The van der Waals surface area contributed by atoms with E-state index in [0.29, 0.717) is 10.8 Å². The maximum Gasteiger partial charge on any atom is 0.157 e. The van der Waals surface area contributed by atoms with Crippen LogP contribution in [0.5, 0.6) is 0 Å². The van der Waals surface area contributed by atoms with E-state index in [0.717, 1.165) is 37.3 Å². The number of fused-ring (bicyclic) bond motifs is 1. The Balaban J connectivity index is 1.84. The maximum absolute atomic E-state index is 9.56. The van der Waals surface area contributed by atoms with E-state index in [1.807, 2.05) is 30.3 Å². The zero-order valence-electron chi connectivity index (χ0n) is 12.2. The summed E-state index contributed by atoms with van der Waals surface area (Å²) in [7, 11) is 0. The second-order valence-corrected chi connectivity index (χ2v) is 5.79. The molecule has 1 aromatic heterocycles. The molecule has 6 heteroatoms. The number of para-hydroxylation sites is 1. The molecule has 1 aliphatic rings. The fraction of sp³-hybridized carbons (Fsp3) is 0.375. The number of aromatic nitrogens is 3. The first kappa shape index (κ1) is 14.7. The Morgan fingerprint density at radius 2 is 2.05 bits per heavy atom. The number of benzene rings is 1. The molecule has 0 fully saturated rings. The first-order chi connectivity index (χ1) is 10.8. The van der Waals surface area contributed by atoms with Gasteiger partial charge in [0.25, 0.3) is 0 Å². The van der Waals surface area contributed by atoms with Crippen LogP contribution in [0.4, 0.5) is 5.69 Å². The van der Waals surface area contributed by atoms with Gasteiger partial charge in [0.2, 0.25) is 0 Å². The van der Waals surface area contributed by atoms with Gasteiger partial charge in [-0.3, -0.25) is 0 Å². The lowest BCUT2D eigenvalue weighted by Crippen LogP contribution is -2.22. The zero-order valence-corrected chi connectivity index (χ0v) is 13.0. The molecular weight excluding hydrogens is 294 g/mol. The Bertz CT molecular complexity index is 701. The molecule has 1 aliphatic heterocycles. The van der Waals surface area contributed by atoms with Crippen molar-refractivity contribution < 1.29 is 0 Å². The topological polar surface area (TPSA) is 66.5 Å². The van der Waals surface area contributed by atoms with Crippen molar-refractivity contribution in [3.05, 3.63) is 42.0 Å². The summed E-state index contributed by atoms with van der Waals surface area (Å²) in [6, 6.07) is 11.9. The van der Waals surface area contributed by atoms with Crippen molar-refractivity contribution in [2.75, 3.05) is 5.32 Å². The van der Waals surface area contributed by atoms with Crippen LogP contribution in [-0.4, -0.2) is 19.8 Å². The van der Waals surface area contributed by atoms with Crippen LogP contribution in [0.25, 0.3) is 0 Å². The fourth-order valence-corrected chi connectivity index (χ4v) is 2.97. The van der Waals surface area contributed by atoms with E-state index >= 15 is 0 Å². The lowest BCUT2D eigenvalue weighted by Gasteiger charge is -2.14. The molecule has 1 unspecified atom stereocenters. The van der Waals surface area contributed by atoms with E-state index in [9.17, 15) is 5.26 Å². The summed E-state index contributed by atoms with van der Waals surface area (Å²) in [5.74, 6) is 1.05. The highest BCUT2D eigenvalue weighted by molar-refractivity contribution is 7.80. The summed E-state index contributed by atoms with van der Waals surface area (Å²) in [6.45, 7) is 0.865. The molecule has 1 aromatic carbocycles. The Hall–Kier alpha value is -2.26. The monoisotopic (exact) mass is 311 g/mol. The third-order valence-electron chi connectivity index (χ3n) is 3.83. The van der Waals surface area contributed by atoms with Crippen LogP contribution in [0.2, 0.25) is 0 Å². The van der Waals surface area contributed by atoms with E-state index in [1.54, 1.807) is 0 Å². The van der Waals surface area contributed by atoms with Gasteiger partial charge in [-0.15, -0.1) is 10.2 Å². The summed E-state index contributed by atoms with van der Waals surface area (Å²) in [5, 5.41) is 21.2. The quantitative estimate of drug-likeness (QED) is 0.883. The molecule has 5 nitrogen and oxygen atoms in total. The average molecular weight is 311 g/mol. The minimum Gasteiger partial charge on any atom is -0.349 e. The van der Waals surface area contributed by atoms with E-state index in [2.05, 4.69) is 26.2 Å². The molecule has 3 rings (SSSR count). The summed E-state index contributed by atoms with van der Waals surface area (Å²) < 4.78 is 2.07. The molecule has 0 aliphatic carbocycles. The van der Waals surface area contributed by atoms with Crippen LogP contribution < -0.4 is 5.32 Å². The van der Waals surface area contributed by atoms with Crippen LogP contribution in [0.3, 0.4) is 0 Å². The van der Waals surface area contributed by atoms with Crippen LogP contribution in [-0.2, 0) is 13.0 Å². The minimum absolute atomic E-state index is 0.466. The molecule has 1 atom stereocenters. The molecular formula is C16H17N5S. The molecule has 0 saturated heterocycles. The summed E-state index contributed by atoms with van der Waals surface area (Å²) >= 11 is 5.43. The lowest BCUT2D eigenvalue weighted by atomic mass is 10.1. The number of hydrogen-bond acceptors (Lipinski definition) is 4. The molecule has 112 valence electrons. The molecule has 0 spiro atoms. The number of aryl methyl sites for hydroxylation is 1. The smallest absolute Gasteiger partial charge is 0.157 e. The van der Waals surface area contributed by atoms with Gasteiger partial charge in [0, 0.05) is 18.7 Å². The predicted molar refractivity (Wildman–Crippen MR) is 88.6 cm³/mol. The molecule has 2 heterocycles. The highest BCUT2D eigenvalue weighted by atomic mass is 32.1. The van der Waals surface area contributed by atoms with Gasteiger partial charge in [0.1, 0.15) is 10.8 Å². The van der Waals surface area contributed by atoms with Crippen molar-refractivity contribution in [3.63, 3.8) is 0 Å². The number of rotatable bonds is 3. The Labute approximate surface area is 135 Å². The van der Waals surface area contributed by atoms with E-state index in [-0.39, 0.29) is 0 Å². The van der Waals surface area contributed by atoms with Crippen LogP contribution >= 0.6 is 12.2 Å². The first-order valence-corrected chi connectivity index (χ1v) is 7.88. The molecule has 0 bridgehead atoms. The summed E-state index contributed by atoms with van der Waals surface area (Å²) in [5.41, 5.74) is 0.878. The van der Waals surface area contributed by atoms with Crippen molar-refractivity contribution in [2.45, 2.75) is 38.1 Å². The standard InChI is InChI=1S/C16H17N5S/c17-11-13(16(22)18-12-7-3-1-4-8-12)15-20-19-14-9-5-2-6-10-21(14)15/h1,3-4,7-8,13H,2,5-6,9-10H2,(H,18,22). The summed E-state index contributed by atoms with van der Waals surface area (Å²) in [4.78, 5) is 0.466. The number of nitrogens with one attached hydrogen (secondary N) is 1. The van der Waals surface area contributed by atoms with E-state index in [4.69, 9.17) is 12.2 Å². The second kappa shape index (κ2) is 6.67. The molecule has 22 heavy (non-hydrogen) atoms. The largest absolute Gasteiger partial charge is 0.349 e. The van der Waals surface area contributed by atoms with Crippen LogP contribution in [0.1, 0.15) is 36.8 Å². The number of nitrogens with zero attached hydrogens (tertiary/aromatic N) is 4. The first-order valence-electron chi connectivity index (χ1n) is 7.47. The van der Waals surface area contributed by atoms with Crippen molar-refractivity contribution >= 4 is 22.9 Å². The third-order valence-corrected chi connectivity index (χ3v) is 4.17. The maximum atomic E-state index is 9.56. The second-order valence-electron chi connectivity index (χ2n) is 5.35. The number of hydrogen-bond donors (Lipinski definition) is 1. The van der Waals surface area contributed by atoms with Gasteiger partial charge in [-0.1, -0.05) is 36.8 Å². The zero-order chi connectivity index (χ0) is 15.4. The van der Waals surface area contributed by atoms with Crippen molar-refractivity contribution in [1.29, 1.82) is 5.26 Å². The molecule has 2 aromatic rings. The molecule has 0 amide bonds. The van der Waals surface area contributed by atoms with Gasteiger partial charge in [-0.25, -0.2) is 0 Å². The van der Waals surface area contributed by atoms with Gasteiger partial charge in [-0.2, -0.15) is 5.26 Å². The number of thiocarbonyl (C=S) groups is 1. The highest BCUT2D eigenvalue weighted by Gasteiger charge is 2.25. The van der Waals surface area contributed by atoms with Gasteiger partial charge in [0.15, 0.2) is 11.7 Å². The lowest BCUT2D eigenvalue weighted by molar-refractivity contribution is 0.609. The van der Waals surface area contributed by atoms with Gasteiger partial charge in [0.05, 0.1) is 6.07 Å². The Morgan fingerprint density at radius 1 is 1.23 bits per heavy atom. The normalized spacial score (nSPS) is 15.2. The Kier molecular flexibility index (Phi) is 4.45. The fourth-order valence-electron chi connectivity index (χ4n) is 2.69. The van der Waals surface area contributed by atoms with Gasteiger partial charge < -0.3 is 9.88 Å². The van der Waals surface area contributed by atoms with Crippen LogP contribution in [0, 0.1) is 11.3 Å². The highest BCUT2D eigenvalue weighted by Crippen LogP contribution is 2.22. The average Bonchev–Trinajstić information content (AvgIpc) is 2.78. The Morgan fingerprint density at radius 3 is 2.82 bits per heavy atom. The molecule has 0 radical (unpaired) electrons. The van der Waals surface area contributed by atoms with Crippen molar-refractivity contribution in [2.24, 2.45) is 0 Å². The van der Waals surface area contributed by atoms with Gasteiger partial charge in [-0.05, 0) is 25.0 Å². The molecule has 0 saturated carbocycles. The van der Waals surface area contributed by atoms with Crippen LogP contribution in [0.15, 0.2) is 30.3 Å². The summed E-state index contributed by atoms with van der Waals surface area (Å²) in [6.07, 6.45) is 4.33. The predicted octanol–water partition coefficient (Wildman–Crippen LogP) is 3.05. The minimum atomic E-state index is -0.574. The third kappa shape index (κ3) is 3.00. The SMILES string of the molecule is N#CC(C(=S)Nc1ccccc1)c1nnc2n1CCCCC2. The number of anilines is 1. The van der Waals surface area contributed by atoms with Gasteiger partial charge >= 0.3 is 0 Å². The van der Waals surface area contributed by atoms with E-state index < -0.39 is 5.92 Å². The number of nitriles is 1. The molecule has 1 N–H and O–H groups in total.